The number of rotatable bonds is 6. The van der Waals surface area contributed by atoms with Crippen LogP contribution in [0.15, 0.2) is 18.2 Å². The van der Waals surface area contributed by atoms with Crippen molar-refractivity contribution in [1.29, 1.82) is 0 Å². The lowest BCUT2D eigenvalue weighted by Crippen LogP contribution is -2.40. The molecule has 0 heterocycles. The van der Waals surface area contributed by atoms with Crippen molar-refractivity contribution in [2.45, 2.75) is 13.0 Å². The molecule has 2 N–H and O–H groups in total. The minimum absolute atomic E-state index is 0.0282. The summed E-state index contributed by atoms with van der Waals surface area (Å²) in [7, 11) is 1.43. The number of carbonyl (C=O) groups is 1. The number of nitro groups is 1. The summed E-state index contributed by atoms with van der Waals surface area (Å²) in [6.45, 7) is 1.38. The van der Waals surface area contributed by atoms with Gasteiger partial charge in [-0.1, -0.05) is 12.1 Å². The normalized spacial score (nSPS) is 11.9. The molecule has 1 aromatic rings. The largest absolute Gasteiger partial charge is 0.394 e. The molecule has 0 saturated carbocycles. The van der Waals surface area contributed by atoms with Gasteiger partial charge in [-0.25, -0.2) is 0 Å². The molecular formula is C12H16N2O5. The number of para-hydroxylation sites is 1. The maximum Gasteiger partial charge on any atom is 0.285 e. The van der Waals surface area contributed by atoms with Crippen LogP contribution in [-0.2, 0) is 4.74 Å². The number of aliphatic hydroxyl groups excluding tert-OH is 1. The van der Waals surface area contributed by atoms with Crippen molar-refractivity contribution in [3.8, 4) is 0 Å². The second-order valence-electron chi connectivity index (χ2n) is 4.04. The summed E-state index contributed by atoms with van der Waals surface area (Å²) in [5.41, 5.74) is 0.151. The van der Waals surface area contributed by atoms with Gasteiger partial charge in [0.1, 0.15) is 5.56 Å². The highest BCUT2D eigenvalue weighted by molar-refractivity contribution is 5.98. The smallest absolute Gasteiger partial charge is 0.285 e. The molecule has 1 unspecified atom stereocenters. The van der Waals surface area contributed by atoms with Gasteiger partial charge in [-0.3, -0.25) is 14.9 Å². The monoisotopic (exact) mass is 268 g/mol. The SMILES string of the molecule is COCC(CO)NC(=O)c1cccc(C)c1[N+](=O)[O-]. The van der Waals surface area contributed by atoms with Gasteiger partial charge in [0.05, 0.1) is 24.2 Å². The molecule has 0 bridgehead atoms. The molecule has 0 aromatic heterocycles. The average Bonchev–Trinajstić information content (AvgIpc) is 2.37. The van der Waals surface area contributed by atoms with E-state index in [1.807, 2.05) is 0 Å². The molecule has 1 rings (SSSR count). The topological polar surface area (TPSA) is 102 Å². The lowest BCUT2D eigenvalue weighted by molar-refractivity contribution is -0.385. The molecule has 0 aliphatic heterocycles. The van der Waals surface area contributed by atoms with Gasteiger partial charge < -0.3 is 15.2 Å². The lowest BCUT2D eigenvalue weighted by Gasteiger charge is -2.15. The molecule has 0 aliphatic carbocycles. The number of amides is 1. The Labute approximate surface area is 110 Å². The van der Waals surface area contributed by atoms with Crippen LogP contribution in [0.5, 0.6) is 0 Å². The third kappa shape index (κ3) is 3.73. The molecule has 0 spiro atoms. The second-order valence-corrected chi connectivity index (χ2v) is 4.04. The number of aliphatic hydroxyl groups is 1. The van der Waals surface area contributed by atoms with Gasteiger partial charge in [-0.2, -0.15) is 0 Å². The fourth-order valence-electron chi connectivity index (χ4n) is 1.69. The molecule has 0 fully saturated rings. The van der Waals surface area contributed by atoms with Crippen LogP contribution < -0.4 is 5.32 Å². The number of ether oxygens (including phenoxy) is 1. The molecule has 0 radical (unpaired) electrons. The van der Waals surface area contributed by atoms with Crippen molar-refractivity contribution in [3.05, 3.63) is 39.4 Å². The van der Waals surface area contributed by atoms with Gasteiger partial charge in [-0.05, 0) is 13.0 Å². The zero-order valence-corrected chi connectivity index (χ0v) is 10.8. The van der Waals surface area contributed by atoms with Crippen LogP contribution in [0.1, 0.15) is 15.9 Å². The Kier molecular flexibility index (Phi) is 5.40. The van der Waals surface area contributed by atoms with E-state index in [1.165, 1.54) is 13.2 Å². The van der Waals surface area contributed by atoms with Gasteiger partial charge in [0, 0.05) is 12.7 Å². The van der Waals surface area contributed by atoms with E-state index >= 15 is 0 Å². The Bertz CT molecular complexity index is 475. The Morgan fingerprint density at radius 2 is 2.26 bits per heavy atom. The predicted octanol–water partition coefficient (Wildman–Crippen LogP) is 0.640. The van der Waals surface area contributed by atoms with E-state index in [9.17, 15) is 14.9 Å². The van der Waals surface area contributed by atoms with Crippen molar-refractivity contribution in [2.24, 2.45) is 0 Å². The Morgan fingerprint density at radius 3 is 2.79 bits per heavy atom. The molecule has 104 valence electrons. The summed E-state index contributed by atoms with van der Waals surface area (Å²) in [5, 5.41) is 22.5. The number of aryl methyl sites for hydroxylation is 1. The van der Waals surface area contributed by atoms with Gasteiger partial charge in [-0.15, -0.1) is 0 Å². The molecule has 19 heavy (non-hydrogen) atoms. The fourth-order valence-corrected chi connectivity index (χ4v) is 1.69. The highest BCUT2D eigenvalue weighted by Crippen LogP contribution is 2.22. The quantitative estimate of drug-likeness (QED) is 0.582. The number of nitrogens with one attached hydrogen (secondary N) is 1. The third-order valence-corrected chi connectivity index (χ3v) is 2.59. The number of nitro benzene ring substituents is 1. The van der Waals surface area contributed by atoms with Crippen LogP contribution in [0.3, 0.4) is 0 Å². The van der Waals surface area contributed by atoms with E-state index < -0.39 is 16.9 Å². The molecule has 7 heteroatoms. The zero-order valence-electron chi connectivity index (χ0n) is 10.8. The Morgan fingerprint density at radius 1 is 1.58 bits per heavy atom. The summed E-state index contributed by atoms with van der Waals surface area (Å²) in [4.78, 5) is 22.4. The van der Waals surface area contributed by atoms with Gasteiger partial charge >= 0.3 is 0 Å². The summed E-state index contributed by atoms with van der Waals surface area (Å²) < 4.78 is 4.82. The third-order valence-electron chi connectivity index (χ3n) is 2.59. The predicted molar refractivity (Wildman–Crippen MR) is 68.0 cm³/mol. The molecule has 1 aromatic carbocycles. The minimum atomic E-state index is -0.605. The van der Waals surface area contributed by atoms with Crippen LogP contribution in [-0.4, -0.2) is 42.3 Å². The summed E-state index contributed by atoms with van der Waals surface area (Å²) in [5.74, 6) is -0.605. The van der Waals surface area contributed by atoms with Crippen LogP contribution in [0.25, 0.3) is 0 Å². The van der Waals surface area contributed by atoms with E-state index in [4.69, 9.17) is 9.84 Å². The molecule has 0 saturated heterocycles. The summed E-state index contributed by atoms with van der Waals surface area (Å²) in [6.07, 6.45) is 0. The van der Waals surface area contributed by atoms with Crippen LogP contribution in [0, 0.1) is 17.0 Å². The van der Waals surface area contributed by atoms with E-state index in [2.05, 4.69) is 5.32 Å². The molecule has 7 nitrogen and oxygen atoms in total. The number of hydrogen-bond acceptors (Lipinski definition) is 5. The molecular weight excluding hydrogens is 252 g/mol. The first-order valence-electron chi connectivity index (χ1n) is 5.66. The Balaban J connectivity index is 3.00. The zero-order chi connectivity index (χ0) is 14.4. The van der Waals surface area contributed by atoms with E-state index in [0.717, 1.165) is 0 Å². The van der Waals surface area contributed by atoms with Crippen LogP contribution in [0.4, 0.5) is 5.69 Å². The maximum absolute atomic E-state index is 12.0. The number of carbonyl (C=O) groups excluding carboxylic acids is 1. The van der Waals surface area contributed by atoms with E-state index in [0.29, 0.717) is 5.56 Å². The maximum atomic E-state index is 12.0. The van der Waals surface area contributed by atoms with Crippen molar-refractivity contribution >= 4 is 11.6 Å². The molecule has 1 atom stereocenters. The van der Waals surface area contributed by atoms with E-state index in [1.54, 1.807) is 19.1 Å². The minimum Gasteiger partial charge on any atom is -0.394 e. The van der Waals surface area contributed by atoms with Crippen molar-refractivity contribution in [2.75, 3.05) is 20.3 Å². The van der Waals surface area contributed by atoms with Crippen molar-refractivity contribution < 1.29 is 19.6 Å². The standard InChI is InChI=1S/C12H16N2O5/c1-8-4-3-5-10(11(8)14(17)18)12(16)13-9(6-15)7-19-2/h3-5,9,15H,6-7H2,1-2H3,(H,13,16). The van der Waals surface area contributed by atoms with Crippen molar-refractivity contribution in [1.82, 2.24) is 5.32 Å². The van der Waals surface area contributed by atoms with Gasteiger partial charge in [0.15, 0.2) is 0 Å². The highest BCUT2D eigenvalue weighted by atomic mass is 16.6. The average molecular weight is 268 g/mol. The fraction of sp³-hybridized carbons (Fsp3) is 0.417. The first-order chi connectivity index (χ1) is 9.01. The van der Waals surface area contributed by atoms with Crippen LogP contribution in [0.2, 0.25) is 0 Å². The number of hydrogen-bond donors (Lipinski definition) is 2. The van der Waals surface area contributed by atoms with Gasteiger partial charge in [0.25, 0.3) is 11.6 Å². The summed E-state index contributed by atoms with van der Waals surface area (Å²) >= 11 is 0. The molecule has 0 aliphatic rings. The first-order valence-corrected chi connectivity index (χ1v) is 5.66. The van der Waals surface area contributed by atoms with Gasteiger partial charge in [0.2, 0.25) is 0 Å². The van der Waals surface area contributed by atoms with Crippen molar-refractivity contribution in [3.63, 3.8) is 0 Å². The Hall–Kier alpha value is -1.99. The second kappa shape index (κ2) is 6.81. The molecule has 1 amide bonds. The van der Waals surface area contributed by atoms with Crippen LogP contribution >= 0.6 is 0 Å². The number of methoxy groups -OCH3 is 1. The number of benzene rings is 1. The highest BCUT2D eigenvalue weighted by Gasteiger charge is 2.23. The summed E-state index contributed by atoms with van der Waals surface area (Å²) in [6, 6.07) is 3.91. The lowest BCUT2D eigenvalue weighted by atomic mass is 10.1. The first kappa shape index (κ1) is 15.1. The number of nitrogens with zero attached hydrogens (tertiary/aromatic N) is 1. The van der Waals surface area contributed by atoms with E-state index in [-0.39, 0.29) is 24.5 Å².